The maximum atomic E-state index is 12.2. The van der Waals surface area contributed by atoms with E-state index in [9.17, 15) is 28.1 Å². The van der Waals surface area contributed by atoms with Crippen molar-refractivity contribution in [2.45, 2.75) is 13.1 Å². The number of furan rings is 1. The number of amides is 1. The number of non-ortho nitro benzene ring substituents is 1. The number of hydrogen-bond acceptors (Lipinski definition) is 5. The molecule has 128 valence electrons. The highest BCUT2D eigenvalue weighted by atomic mass is 19.4. The summed E-state index contributed by atoms with van der Waals surface area (Å²) < 4.78 is 46.1. The van der Waals surface area contributed by atoms with Gasteiger partial charge >= 0.3 is 6.18 Å². The van der Waals surface area contributed by atoms with Crippen molar-refractivity contribution in [2.24, 2.45) is 0 Å². The molecule has 0 atom stereocenters. The number of benzene rings is 1. The van der Waals surface area contributed by atoms with E-state index in [4.69, 9.17) is 4.42 Å². The van der Waals surface area contributed by atoms with Crippen LogP contribution in [0.2, 0.25) is 0 Å². The minimum absolute atomic E-state index is 0.0769. The molecule has 0 aliphatic carbocycles. The normalized spacial score (nSPS) is 11.2. The molecule has 7 nitrogen and oxygen atoms in total. The summed E-state index contributed by atoms with van der Waals surface area (Å²) in [7, 11) is 0. The smallest absolute Gasteiger partial charge is 0.422 e. The second kappa shape index (κ2) is 6.60. The van der Waals surface area contributed by atoms with Crippen molar-refractivity contribution >= 4 is 17.3 Å². The molecule has 24 heavy (non-hydrogen) atoms. The van der Waals surface area contributed by atoms with Crippen LogP contribution >= 0.6 is 0 Å². The zero-order chi connectivity index (χ0) is 17.9. The summed E-state index contributed by atoms with van der Waals surface area (Å²) in [6, 6.07) is 4.30. The monoisotopic (exact) mass is 344 g/mol. The van der Waals surface area contributed by atoms with Gasteiger partial charge in [-0.2, -0.15) is 13.2 Å². The SMILES string of the molecule is Cc1occc1C(=O)Nc1cc(OCC(F)(F)F)cc([N+](=O)[O-])c1. The van der Waals surface area contributed by atoms with Crippen LogP contribution in [-0.2, 0) is 0 Å². The molecule has 0 spiro atoms. The molecule has 1 aromatic heterocycles. The zero-order valence-corrected chi connectivity index (χ0v) is 12.2. The van der Waals surface area contributed by atoms with E-state index in [2.05, 4.69) is 10.1 Å². The lowest BCUT2D eigenvalue weighted by molar-refractivity contribution is -0.384. The number of nitrogens with zero attached hydrogens (tertiary/aromatic N) is 1. The molecule has 0 fully saturated rings. The topological polar surface area (TPSA) is 94.6 Å². The third-order valence-electron chi connectivity index (χ3n) is 2.87. The Balaban J connectivity index is 2.25. The van der Waals surface area contributed by atoms with E-state index in [1.54, 1.807) is 6.92 Å². The van der Waals surface area contributed by atoms with Crippen molar-refractivity contribution in [3.8, 4) is 5.75 Å². The molecular formula is C14H11F3N2O5. The molecule has 0 bridgehead atoms. The predicted molar refractivity (Wildman–Crippen MR) is 76.0 cm³/mol. The molecule has 1 heterocycles. The third-order valence-corrected chi connectivity index (χ3v) is 2.87. The van der Waals surface area contributed by atoms with Crippen molar-refractivity contribution in [2.75, 3.05) is 11.9 Å². The number of aryl methyl sites for hydroxylation is 1. The fraction of sp³-hybridized carbons (Fsp3) is 0.214. The number of nitrogens with one attached hydrogen (secondary N) is 1. The van der Waals surface area contributed by atoms with Crippen LogP contribution in [0.5, 0.6) is 5.75 Å². The molecule has 1 N–H and O–H groups in total. The van der Waals surface area contributed by atoms with E-state index in [0.29, 0.717) is 5.76 Å². The van der Waals surface area contributed by atoms with Crippen molar-refractivity contribution in [1.29, 1.82) is 0 Å². The summed E-state index contributed by atoms with van der Waals surface area (Å²) in [6.07, 6.45) is -3.31. The first-order valence-electron chi connectivity index (χ1n) is 6.50. The molecule has 2 aromatic rings. The zero-order valence-electron chi connectivity index (χ0n) is 12.2. The van der Waals surface area contributed by atoms with Crippen LogP contribution in [0.1, 0.15) is 16.1 Å². The summed E-state index contributed by atoms with van der Waals surface area (Å²) >= 11 is 0. The van der Waals surface area contributed by atoms with Gasteiger partial charge in [0.25, 0.3) is 11.6 Å². The Bertz CT molecular complexity index is 770. The highest BCUT2D eigenvalue weighted by Gasteiger charge is 2.29. The third kappa shape index (κ3) is 4.48. The molecular weight excluding hydrogens is 333 g/mol. The first kappa shape index (κ1) is 17.3. The number of nitro benzene ring substituents is 1. The van der Waals surface area contributed by atoms with Crippen LogP contribution in [0.4, 0.5) is 24.5 Å². The van der Waals surface area contributed by atoms with Gasteiger partial charge in [0.15, 0.2) is 6.61 Å². The predicted octanol–water partition coefficient (Wildman–Crippen LogP) is 3.69. The maximum absolute atomic E-state index is 12.2. The Morgan fingerprint density at radius 2 is 2.08 bits per heavy atom. The number of alkyl halides is 3. The molecule has 0 saturated heterocycles. The minimum atomic E-state index is -4.60. The quantitative estimate of drug-likeness (QED) is 0.659. The van der Waals surface area contributed by atoms with Gasteiger partial charge in [-0.1, -0.05) is 0 Å². The number of carbonyl (C=O) groups is 1. The maximum Gasteiger partial charge on any atom is 0.422 e. The van der Waals surface area contributed by atoms with Crippen LogP contribution in [0, 0.1) is 17.0 Å². The lowest BCUT2D eigenvalue weighted by Gasteiger charge is -2.11. The van der Waals surface area contributed by atoms with Gasteiger partial charge in [0.1, 0.15) is 11.5 Å². The number of halogens is 3. The Kier molecular flexibility index (Phi) is 4.77. The van der Waals surface area contributed by atoms with Gasteiger partial charge in [-0.15, -0.1) is 0 Å². The number of anilines is 1. The molecule has 0 unspecified atom stereocenters. The first-order chi connectivity index (χ1) is 11.2. The van der Waals surface area contributed by atoms with Crippen LogP contribution < -0.4 is 10.1 Å². The number of carbonyl (C=O) groups excluding carboxylic acids is 1. The standard InChI is InChI=1S/C14H11F3N2O5/c1-8-12(2-3-23-8)13(20)18-9-4-10(19(21)22)6-11(5-9)24-7-14(15,16)17/h2-6H,7H2,1H3,(H,18,20). The molecule has 1 aromatic carbocycles. The van der Waals surface area contributed by atoms with Crippen molar-refractivity contribution in [3.63, 3.8) is 0 Å². The molecule has 2 rings (SSSR count). The lowest BCUT2D eigenvalue weighted by Crippen LogP contribution is -2.19. The summed E-state index contributed by atoms with van der Waals surface area (Å²) in [5.74, 6) is -0.685. The van der Waals surface area contributed by atoms with E-state index in [0.717, 1.165) is 18.2 Å². The lowest BCUT2D eigenvalue weighted by atomic mass is 10.2. The fourth-order valence-corrected chi connectivity index (χ4v) is 1.83. The van der Waals surface area contributed by atoms with Gasteiger partial charge in [-0.3, -0.25) is 14.9 Å². The second-order valence-corrected chi connectivity index (χ2v) is 4.72. The molecule has 0 aliphatic heterocycles. The number of ether oxygens (including phenoxy) is 1. The average Bonchev–Trinajstić information content (AvgIpc) is 2.90. The van der Waals surface area contributed by atoms with Gasteiger partial charge in [0.05, 0.1) is 28.5 Å². The molecule has 0 radical (unpaired) electrons. The van der Waals surface area contributed by atoms with Gasteiger partial charge < -0.3 is 14.5 Å². The molecule has 10 heteroatoms. The van der Waals surface area contributed by atoms with E-state index < -0.39 is 29.3 Å². The molecule has 1 amide bonds. The van der Waals surface area contributed by atoms with Crippen LogP contribution in [-0.4, -0.2) is 23.6 Å². The number of rotatable bonds is 5. The average molecular weight is 344 g/mol. The van der Waals surface area contributed by atoms with Crippen molar-refractivity contribution in [1.82, 2.24) is 0 Å². The van der Waals surface area contributed by atoms with Crippen LogP contribution in [0.25, 0.3) is 0 Å². The molecule has 0 saturated carbocycles. The van der Waals surface area contributed by atoms with Crippen molar-refractivity contribution in [3.05, 3.63) is 52.0 Å². The highest BCUT2D eigenvalue weighted by Crippen LogP contribution is 2.28. The summed E-state index contributed by atoms with van der Waals surface area (Å²) in [5, 5.41) is 13.2. The fourth-order valence-electron chi connectivity index (χ4n) is 1.83. The van der Waals surface area contributed by atoms with Crippen LogP contribution in [0.15, 0.2) is 34.9 Å². The van der Waals surface area contributed by atoms with E-state index in [-0.39, 0.29) is 17.0 Å². The van der Waals surface area contributed by atoms with Gasteiger partial charge in [0.2, 0.25) is 0 Å². The van der Waals surface area contributed by atoms with Crippen LogP contribution in [0.3, 0.4) is 0 Å². The Hall–Kier alpha value is -3.04. The van der Waals surface area contributed by atoms with E-state index >= 15 is 0 Å². The van der Waals surface area contributed by atoms with Crippen molar-refractivity contribution < 1.29 is 32.0 Å². The Morgan fingerprint density at radius 1 is 1.38 bits per heavy atom. The highest BCUT2D eigenvalue weighted by molar-refractivity contribution is 6.05. The second-order valence-electron chi connectivity index (χ2n) is 4.72. The minimum Gasteiger partial charge on any atom is -0.484 e. The van der Waals surface area contributed by atoms with Gasteiger partial charge in [0, 0.05) is 12.1 Å². The Labute approximate surface area is 133 Å². The van der Waals surface area contributed by atoms with E-state index in [1.165, 1.54) is 12.3 Å². The summed E-state index contributed by atoms with van der Waals surface area (Å²) in [5.41, 5.74) is -0.403. The molecule has 0 aliphatic rings. The van der Waals surface area contributed by atoms with Gasteiger partial charge in [-0.05, 0) is 13.0 Å². The summed E-state index contributed by atoms with van der Waals surface area (Å²) in [4.78, 5) is 22.1. The van der Waals surface area contributed by atoms with Gasteiger partial charge in [-0.25, -0.2) is 0 Å². The summed E-state index contributed by atoms with van der Waals surface area (Å²) in [6.45, 7) is -0.0668. The first-order valence-corrected chi connectivity index (χ1v) is 6.50. The van der Waals surface area contributed by atoms with E-state index in [1.807, 2.05) is 0 Å². The Morgan fingerprint density at radius 3 is 2.62 bits per heavy atom. The number of hydrogen-bond donors (Lipinski definition) is 1. The largest absolute Gasteiger partial charge is 0.484 e. The number of nitro groups is 1.